The van der Waals surface area contributed by atoms with Crippen LogP contribution < -0.4 is 10.6 Å². The number of aromatic nitrogens is 1. The number of ether oxygens (including phenoxy) is 1. The number of amides is 2. The quantitative estimate of drug-likeness (QED) is 0.525. The number of esters is 1. The molecule has 3 rings (SSSR count). The second-order valence-electron chi connectivity index (χ2n) is 7.26. The normalized spacial score (nSPS) is 15.5. The van der Waals surface area contributed by atoms with E-state index in [0.29, 0.717) is 20.9 Å². The Bertz CT molecular complexity index is 871. The van der Waals surface area contributed by atoms with Crippen LogP contribution in [0, 0.1) is 6.92 Å². The minimum absolute atomic E-state index is 0.155. The van der Waals surface area contributed by atoms with E-state index in [1.807, 2.05) is 6.92 Å². The van der Waals surface area contributed by atoms with Gasteiger partial charge in [-0.05, 0) is 37.1 Å². The molecule has 0 unspecified atom stereocenters. The Morgan fingerprint density at radius 2 is 1.86 bits per heavy atom. The van der Waals surface area contributed by atoms with Crippen molar-refractivity contribution in [3.05, 3.63) is 28.2 Å². The van der Waals surface area contributed by atoms with E-state index < -0.39 is 5.97 Å². The van der Waals surface area contributed by atoms with Crippen molar-refractivity contribution < 1.29 is 28.1 Å². The lowest BCUT2D eigenvalue weighted by Gasteiger charge is -2.40. The molecule has 0 aliphatic carbocycles. The summed E-state index contributed by atoms with van der Waals surface area (Å²) in [4.78, 5) is 37.7. The first-order valence-electron chi connectivity index (χ1n) is 9.44. The monoisotopic (exact) mass is 421 g/mol. The van der Waals surface area contributed by atoms with Gasteiger partial charge in [-0.2, -0.15) is 0 Å². The number of nitrogens with one attached hydrogen (secondary N) is 2. The van der Waals surface area contributed by atoms with Gasteiger partial charge in [-0.15, -0.1) is 11.3 Å². The summed E-state index contributed by atoms with van der Waals surface area (Å²) in [5, 5.41) is 11.1. The number of thiophene rings is 1. The van der Waals surface area contributed by atoms with Crippen LogP contribution in [0.1, 0.15) is 34.5 Å². The largest absolute Gasteiger partial charge is 0.465 e. The molecule has 1 aliphatic rings. The summed E-state index contributed by atoms with van der Waals surface area (Å²) >= 11 is 1.23. The SMILES string of the molecule is COC(=O)c1scc(C)c1NC(=O)C[N+]1(CC(=O)Nc2ccon2)CCCCC1. The number of methoxy groups -OCH3 is 1. The van der Waals surface area contributed by atoms with Gasteiger partial charge in [0.05, 0.1) is 25.9 Å². The molecule has 2 N–H and O–H groups in total. The Kier molecular flexibility index (Phi) is 6.65. The minimum atomic E-state index is -0.479. The molecule has 1 fully saturated rings. The number of nitrogens with zero attached hydrogens (tertiary/aromatic N) is 2. The molecule has 0 radical (unpaired) electrons. The number of hydrogen-bond acceptors (Lipinski definition) is 7. The smallest absolute Gasteiger partial charge is 0.350 e. The van der Waals surface area contributed by atoms with E-state index in [0.717, 1.165) is 37.9 Å². The molecular formula is C19H25N4O5S+. The molecule has 0 atom stereocenters. The maximum atomic E-state index is 12.9. The van der Waals surface area contributed by atoms with Crippen LogP contribution in [0.2, 0.25) is 0 Å². The highest BCUT2D eigenvalue weighted by Crippen LogP contribution is 2.29. The summed E-state index contributed by atoms with van der Waals surface area (Å²) in [6, 6.07) is 1.57. The third-order valence-electron chi connectivity index (χ3n) is 5.04. The summed E-state index contributed by atoms with van der Waals surface area (Å²) < 4.78 is 9.90. The van der Waals surface area contributed by atoms with Crippen LogP contribution in [0.15, 0.2) is 22.2 Å². The number of carbonyl (C=O) groups is 3. The third kappa shape index (κ3) is 5.21. The first-order valence-corrected chi connectivity index (χ1v) is 10.3. The van der Waals surface area contributed by atoms with Gasteiger partial charge >= 0.3 is 5.97 Å². The topological polar surface area (TPSA) is 111 Å². The second-order valence-corrected chi connectivity index (χ2v) is 8.14. The highest BCUT2D eigenvalue weighted by atomic mass is 32.1. The van der Waals surface area contributed by atoms with E-state index in [1.54, 1.807) is 11.4 Å². The van der Waals surface area contributed by atoms with Crippen molar-refractivity contribution in [2.24, 2.45) is 0 Å². The van der Waals surface area contributed by atoms with Gasteiger partial charge in [0.1, 0.15) is 11.1 Å². The number of aryl methyl sites for hydroxylation is 1. The van der Waals surface area contributed by atoms with Gasteiger partial charge in [0.2, 0.25) is 0 Å². The van der Waals surface area contributed by atoms with Gasteiger partial charge in [-0.3, -0.25) is 9.59 Å². The molecule has 0 saturated carbocycles. The van der Waals surface area contributed by atoms with E-state index in [1.165, 1.54) is 24.7 Å². The standard InChI is InChI=1S/C19H24N4O5S/c1-13-12-29-18(19(26)27-2)17(13)21-16(25)11-23(7-4-3-5-8-23)10-15(24)20-14-6-9-28-22-14/h6,9,12H,3-5,7-8,10-11H2,1-2H3,(H-,20,21,22,24,25,26)/p+1. The number of anilines is 2. The fraction of sp³-hybridized carbons (Fsp3) is 0.474. The van der Waals surface area contributed by atoms with Crippen LogP contribution in [-0.2, 0) is 14.3 Å². The molecule has 156 valence electrons. The maximum Gasteiger partial charge on any atom is 0.350 e. The first-order chi connectivity index (χ1) is 13.9. The number of quaternary nitrogens is 1. The molecular weight excluding hydrogens is 396 g/mol. The lowest BCUT2D eigenvalue weighted by Crippen LogP contribution is -2.58. The fourth-order valence-electron chi connectivity index (χ4n) is 3.65. The van der Waals surface area contributed by atoms with Gasteiger partial charge in [0, 0.05) is 6.07 Å². The zero-order chi connectivity index (χ0) is 20.9. The van der Waals surface area contributed by atoms with Gasteiger partial charge in [0.25, 0.3) is 11.8 Å². The predicted molar refractivity (Wildman–Crippen MR) is 108 cm³/mol. The molecule has 1 saturated heterocycles. The molecule has 9 nitrogen and oxygen atoms in total. The number of piperidine rings is 1. The van der Waals surface area contributed by atoms with Gasteiger partial charge < -0.3 is 24.4 Å². The van der Waals surface area contributed by atoms with Crippen LogP contribution in [0.3, 0.4) is 0 Å². The lowest BCUT2D eigenvalue weighted by molar-refractivity contribution is -0.917. The van der Waals surface area contributed by atoms with E-state index >= 15 is 0 Å². The van der Waals surface area contributed by atoms with Crippen molar-refractivity contribution in [1.29, 1.82) is 0 Å². The second kappa shape index (κ2) is 9.19. The molecule has 10 heteroatoms. The van der Waals surface area contributed by atoms with E-state index in [9.17, 15) is 14.4 Å². The van der Waals surface area contributed by atoms with Crippen molar-refractivity contribution in [2.75, 3.05) is 43.9 Å². The highest BCUT2D eigenvalue weighted by Gasteiger charge is 2.35. The Morgan fingerprint density at radius 1 is 1.17 bits per heavy atom. The summed E-state index contributed by atoms with van der Waals surface area (Å²) in [7, 11) is 1.31. The average Bonchev–Trinajstić information content (AvgIpc) is 3.32. The molecule has 0 aromatic carbocycles. The van der Waals surface area contributed by atoms with Crippen molar-refractivity contribution in [3.8, 4) is 0 Å². The van der Waals surface area contributed by atoms with Crippen LogP contribution in [-0.4, -0.2) is 60.7 Å². The molecule has 3 heterocycles. The van der Waals surface area contributed by atoms with Crippen molar-refractivity contribution in [1.82, 2.24) is 5.16 Å². The molecule has 2 amide bonds. The number of rotatable bonds is 7. The van der Waals surface area contributed by atoms with Crippen molar-refractivity contribution >= 4 is 40.6 Å². The van der Waals surface area contributed by atoms with Crippen LogP contribution >= 0.6 is 11.3 Å². The number of carbonyl (C=O) groups excluding carboxylic acids is 3. The molecule has 1 aliphatic heterocycles. The zero-order valence-corrected chi connectivity index (χ0v) is 17.3. The Labute approximate surface area is 172 Å². The summed E-state index contributed by atoms with van der Waals surface area (Å²) in [6.45, 7) is 3.64. The molecule has 0 spiro atoms. The summed E-state index contributed by atoms with van der Waals surface area (Å²) in [5.41, 5.74) is 1.28. The summed E-state index contributed by atoms with van der Waals surface area (Å²) in [6.07, 6.45) is 4.38. The van der Waals surface area contributed by atoms with Crippen molar-refractivity contribution in [3.63, 3.8) is 0 Å². The van der Waals surface area contributed by atoms with E-state index in [-0.39, 0.29) is 24.9 Å². The Balaban J connectivity index is 1.70. The van der Waals surface area contributed by atoms with Crippen LogP contribution in [0.4, 0.5) is 11.5 Å². The lowest BCUT2D eigenvalue weighted by atomic mass is 10.1. The molecule has 29 heavy (non-hydrogen) atoms. The average molecular weight is 421 g/mol. The van der Waals surface area contributed by atoms with Crippen molar-refractivity contribution in [2.45, 2.75) is 26.2 Å². The molecule has 2 aromatic heterocycles. The fourth-order valence-corrected chi connectivity index (χ4v) is 4.57. The first kappa shape index (κ1) is 21.0. The van der Waals surface area contributed by atoms with E-state index in [2.05, 4.69) is 15.8 Å². The van der Waals surface area contributed by atoms with Gasteiger partial charge in [0.15, 0.2) is 18.9 Å². The highest BCUT2D eigenvalue weighted by molar-refractivity contribution is 7.12. The third-order valence-corrected chi connectivity index (χ3v) is 6.12. The summed E-state index contributed by atoms with van der Waals surface area (Å²) in [5.74, 6) is -0.568. The predicted octanol–water partition coefficient (Wildman–Crippen LogP) is 2.41. The minimum Gasteiger partial charge on any atom is -0.465 e. The van der Waals surface area contributed by atoms with E-state index in [4.69, 9.17) is 9.26 Å². The zero-order valence-electron chi connectivity index (χ0n) is 16.5. The number of hydrogen-bond donors (Lipinski definition) is 2. The van der Waals surface area contributed by atoms with Crippen LogP contribution in [0.25, 0.3) is 0 Å². The molecule has 2 aromatic rings. The van der Waals surface area contributed by atoms with Gasteiger partial charge in [-0.25, -0.2) is 4.79 Å². The Hall–Kier alpha value is -2.72. The Morgan fingerprint density at radius 3 is 2.48 bits per heavy atom. The molecule has 0 bridgehead atoms. The van der Waals surface area contributed by atoms with Crippen LogP contribution in [0.5, 0.6) is 0 Å². The van der Waals surface area contributed by atoms with Gasteiger partial charge in [-0.1, -0.05) is 5.16 Å². The maximum absolute atomic E-state index is 12.9. The number of likely N-dealkylation sites (tertiary alicyclic amines) is 1.